The molecule has 0 spiro atoms. The number of rotatable bonds is 6. The van der Waals surface area contributed by atoms with Gasteiger partial charge in [-0.2, -0.15) is 0 Å². The summed E-state index contributed by atoms with van der Waals surface area (Å²) in [5.41, 5.74) is 0.882. The molecule has 1 aliphatic heterocycles. The summed E-state index contributed by atoms with van der Waals surface area (Å²) >= 11 is 2.40. The van der Waals surface area contributed by atoms with Crippen molar-refractivity contribution in [2.45, 2.75) is 6.61 Å². The lowest BCUT2D eigenvalue weighted by molar-refractivity contribution is -0.122. The van der Waals surface area contributed by atoms with Crippen molar-refractivity contribution in [1.29, 1.82) is 0 Å². The zero-order valence-corrected chi connectivity index (χ0v) is 15.3. The Morgan fingerprint density at radius 1 is 1.15 bits per heavy atom. The molecule has 1 aliphatic rings. The van der Waals surface area contributed by atoms with Gasteiger partial charge >= 0.3 is 6.09 Å². The summed E-state index contributed by atoms with van der Waals surface area (Å²) in [5, 5.41) is 4.12. The Kier molecular flexibility index (Phi) is 6.08. The van der Waals surface area contributed by atoms with Crippen molar-refractivity contribution in [3.63, 3.8) is 0 Å². The van der Waals surface area contributed by atoms with E-state index >= 15 is 0 Å². The van der Waals surface area contributed by atoms with Crippen molar-refractivity contribution >= 4 is 46.4 Å². The van der Waals surface area contributed by atoms with E-state index in [9.17, 15) is 14.4 Å². The molecular formula is C18H16N2O4S2. The van der Waals surface area contributed by atoms with Crippen LogP contribution in [0.25, 0.3) is 6.08 Å². The molecule has 2 heterocycles. The minimum atomic E-state index is -0.588. The van der Waals surface area contributed by atoms with E-state index in [2.05, 4.69) is 5.32 Å². The van der Waals surface area contributed by atoms with Crippen LogP contribution in [0.2, 0.25) is 0 Å². The Labute approximate surface area is 158 Å². The molecule has 26 heavy (non-hydrogen) atoms. The predicted molar refractivity (Wildman–Crippen MR) is 102 cm³/mol. The summed E-state index contributed by atoms with van der Waals surface area (Å²) in [5.74, 6) is -0.340. The third-order valence-corrected chi connectivity index (χ3v) is 5.23. The van der Waals surface area contributed by atoms with Crippen LogP contribution in [0.3, 0.4) is 0 Å². The molecule has 2 aromatic rings. The van der Waals surface area contributed by atoms with Crippen LogP contribution in [0.15, 0.2) is 52.7 Å². The maximum absolute atomic E-state index is 12.3. The van der Waals surface area contributed by atoms with Gasteiger partial charge in [0.15, 0.2) is 0 Å². The largest absolute Gasteiger partial charge is 0.445 e. The van der Waals surface area contributed by atoms with Crippen molar-refractivity contribution in [3.05, 3.63) is 63.2 Å². The third kappa shape index (κ3) is 4.74. The number of thioether (sulfide) groups is 1. The smallest absolute Gasteiger partial charge is 0.407 e. The fraction of sp³-hybridized carbons (Fsp3) is 0.167. The summed E-state index contributed by atoms with van der Waals surface area (Å²) in [7, 11) is 0. The molecule has 1 aromatic carbocycles. The average Bonchev–Trinajstić information content (AvgIpc) is 3.24. The predicted octanol–water partition coefficient (Wildman–Crippen LogP) is 3.71. The minimum absolute atomic E-state index is 0.104. The highest BCUT2D eigenvalue weighted by atomic mass is 32.2. The van der Waals surface area contributed by atoms with Gasteiger partial charge in [-0.05, 0) is 34.8 Å². The molecule has 3 rings (SSSR count). The quantitative estimate of drug-likeness (QED) is 0.764. The molecule has 0 radical (unpaired) electrons. The molecule has 134 valence electrons. The number of carbonyl (C=O) groups is 3. The van der Waals surface area contributed by atoms with Crippen LogP contribution in [0.5, 0.6) is 0 Å². The second kappa shape index (κ2) is 8.68. The molecule has 0 aliphatic carbocycles. The zero-order valence-electron chi connectivity index (χ0n) is 13.7. The van der Waals surface area contributed by atoms with Gasteiger partial charge in [0.1, 0.15) is 6.61 Å². The van der Waals surface area contributed by atoms with E-state index in [1.54, 1.807) is 6.08 Å². The van der Waals surface area contributed by atoms with Crippen molar-refractivity contribution < 1.29 is 19.1 Å². The Morgan fingerprint density at radius 2 is 1.96 bits per heavy atom. The Bertz CT molecular complexity index is 819. The number of nitrogens with zero attached hydrogens (tertiary/aromatic N) is 1. The SMILES string of the molecule is O=C(NCCN1C(=O)S/C(=C/c2cccs2)C1=O)OCc1ccccc1. The molecule has 8 heteroatoms. The lowest BCUT2D eigenvalue weighted by Crippen LogP contribution is -2.37. The lowest BCUT2D eigenvalue weighted by Gasteiger charge is -2.13. The number of nitrogens with one attached hydrogen (secondary N) is 1. The van der Waals surface area contributed by atoms with E-state index in [0.717, 1.165) is 27.1 Å². The molecule has 1 fully saturated rings. The van der Waals surface area contributed by atoms with Gasteiger partial charge in [-0.15, -0.1) is 11.3 Å². The number of ether oxygens (including phenoxy) is 1. The molecule has 0 atom stereocenters. The van der Waals surface area contributed by atoms with Crippen LogP contribution in [-0.4, -0.2) is 35.2 Å². The highest BCUT2D eigenvalue weighted by Crippen LogP contribution is 2.32. The average molecular weight is 388 g/mol. The van der Waals surface area contributed by atoms with Gasteiger partial charge in [-0.1, -0.05) is 36.4 Å². The Hall–Kier alpha value is -2.58. The highest BCUT2D eigenvalue weighted by molar-refractivity contribution is 8.18. The highest BCUT2D eigenvalue weighted by Gasteiger charge is 2.34. The normalized spacial score (nSPS) is 15.5. The first-order valence-corrected chi connectivity index (χ1v) is 9.56. The molecule has 0 unspecified atom stereocenters. The van der Waals surface area contributed by atoms with E-state index in [-0.39, 0.29) is 30.8 Å². The number of hydrogen-bond donors (Lipinski definition) is 1. The minimum Gasteiger partial charge on any atom is -0.445 e. The lowest BCUT2D eigenvalue weighted by atomic mass is 10.2. The first kappa shape index (κ1) is 18.2. The monoisotopic (exact) mass is 388 g/mol. The van der Waals surface area contributed by atoms with Gasteiger partial charge in [0.2, 0.25) is 0 Å². The number of hydrogen-bond acceptors (Lipinski definition) is 6. The van der Waals surface area contributed by atoms with Crippen LogP contribution < -0.4 is 5.32 Å². The number of thiophene rings is 1. The summed E-state index contributed by atoms with van der Waals surface area (Å²) in [6.07, 6.45) is 1.12. The standard InChI is InChI=1S/C18H16N2O4S2/c21-16-15(11-14-7-4-10-25-14)26-18(23)20(16)9-8-19-17(22)24-12-13-5-2-1-3-6-13/h1-7,10-11H,8-9,12H2,(H,19,22)/b15-11+. The number of alkyl carbamates (subject to hydrolysis) is 1. The molecule has 0 bridgehead atoms. The number of amides is 3. The van der Waals surface area contributed by atoms with Crippen molar-refractivity contribution in [1.82, 2.24) is 10.2 Å². The van der Waals surface area contributed by atoms with Gasteiger partial charge in [-0.3, -0.25) is 14.5 Å². The molecule has 1 aromatic heterocycles. The molecular weight excluding hydrogens is 372 g/mol. The van der Waals surface area contributed by atoms with E-state index < -0.39 is 6.09 Å². The van der Waals surface area contributed by atoms with Gasteiger partial charge in [0.05, 0.1) is 4.91 Å². The van der Waals surface area contributed by atoms with Crippen LogP contribution in [0.4, 0.5) is 9.59 Å². The topological polar surface area (TPSA) is 75.7 Å². The van der Waals surface area contributed by atoms with Gasteiger partial charge < -0.3 is 10.1 Å². The summed E-state index contributed by atoms with van der Waals surface area (Å²) < 4.78 is 5.08. The molecule has 3 amide bonds. The zero-order chi connectivity index (χ0) is 18.4. The Balaban J connectivity index is 1.45. The van der Waals surface area contributed by atoms with E-state index in [4.69, 9.17) is 4.74 Å². The fourth-order valence-electron chi connectivity index (χ4n) is 2.24. The molecule has 6 nitrogen and oxygen atoms in total. The van der Waals surface area contributed by atoms with E-state index in [1.165, 1.54) is 11.3 Å². The second-order valence-electron chi connectivity index (χ2n) is 5.34. The first-order valence-electron chi connectivity index (χ1n) is 7.87. The summed E-state index contributed by atoms with van der Waals surface area (Å²) in [6.45, 7) is 0.405. The summed E-state index contributed by atoms with van der Waals surface area (Å²) in [6, 6.07) is 13.1. The van der Waals surface area contributed by atoms with Crippen LogP contribution in [-0.2, 0) is 16.1 Å². The molecule has 1 saturated heterocycles. The number of imide groups is 1. The fourth-order valence-corrected chi connectivity index (χ4v) is 3.83. The molecule has 0 saturated carbocycles. The summed E-state index contributed by atoms with van der Waals surface area (Å²) in [4.78, 5) is 38.4. The van der Waals surface area contributed by atoms with Crippen LogP contribution in [0.1, 0.15) is 10.4 Å². The maximum Gasteiger partial charge on any atom is 0.407 e. The van der Waals surface area contributed by atoms with E-state index in [1.807, 2.05) is 47.8 Å². The van der Waals surface area contributed by atoms with Crippen molar-refractivity contribution in [2.75, 3.05) is 13.1 Å². The van der Waals surface area contributed by atoms with Gasteiger partial charge in [0, 0.05) is 18.0 Å². The van der Waals surface area contributed by atoms with Crippen molar-refractivity contribution in [2.24, 2.45) is 0 Å². The second-order valence-corrected chi connectivity index (χ2v) is 7.31. The van der Waals surface area contributed by atoms with Crippen LogP contribution in [0, 0.1) is 0 Å². The van der Waals surface area contributed by atoms with Gasteiger partial charge in [-0.25, -0.2) is 4.79 Å². The number of carbonyl (C=O) groups excluding carboxylic acids is 3. The van der Waals surface area contributed by atoms with Crippen molar-refractivity contribution in [3.8, 4) is 0 Å². The Morgan fingerprint density at radius 3 is 2.69 bits per heavy atom. The molecule has 1 N–H and O–H groups in total. The third-order valence-electron chi connectivity index (χ3n) is 3.51. The first-order chi connectivity index (χ1) is 12.6. The van der Waals surface area contributed by atoms with Gasteiger partial charge in [0.25, 0.3) is 11.1 Å². The number of benzene rings is 1. The van der Waals surface area contributed by atoms with Crippen LogP contribution >= 0.6 is 23.1 Å². The van der Waals surface area contributed by atoms with E-state index in [0.29, 0.717) is 4.91 Å². The maximum atomic E-state index is 12.3.